The number of aromatic carboxylic acids is 1. The summed E-state index contributed by atoms with van der Waals surface area (Å²) in [5.74, 6) is -0.436. The molecule has 2 atom stereocenters. The first-order chi connectivity index (χ1) is 15.4. The average molecular weight is 452 g/mol. The number of halogens is 1. The molecule has 6 heteroatoms. The molecule has 0 aromatic heterocycles. The number of aliphatic hydroxyl groups excluding tert-OH is 1. The number of methoxy groups -OCH3 is 1. The lowest BCUT2D eigenvalue weighted by Crippen LogP contribution is -2.37. The summed E-state index contributed by atoms with van der Waals surface area (Å²) >= 11 is 6.04. The summed E-state index contributed by atoms with van der Waals surface area (Å²) in [7, 11) is 1.55. The van der Waals surface area contributed by atoms with Gasteiger partial charge in [-0.1, -0.05) is 41.9 Å². The molecule has 0 heterocycles. The fourth-order valence-electron chi connectivity index (χ4n) is 4.27. The topological polar surface area (TPSA) is 78.8 Å². The summed E-state index contributed by atoms with van der Waals surface area (Å²) in [6.45, 7) is 0.463. The van der Waals surface area contributed by atoms with E-state index in [0.29, 0.717) is 17.3 Å². The van der Waals surface area contributed by atoms with Crippen LogP contribution in [0.3, 0.4) is 0 Å². The molecule has 0 radical (unpaired) electrons. The van der Waals surface area contributed by atoms with Crippen LogP contribution in [0.4, 0.5) is 0 Å². The Kier molecular flexibility index (Phi) is 6.80. The van der Waals surface area contributed by atoms with Crippen LogP contribution in [0.15, 0.2) is 60.7 Å². The minimum absolute atomic E-state index is 0.200. The standard InChI is InChI=1S/C26H26ClNO4/c1-32-25-14-19(26(30)31)8-10-23(25)17-6-5-16-7-9-22(13-20(16)11-17)28-15-24(29)18-3-2-4-21(27)12-18/h2-6,8,10-12,14,22,24,28-29H,7,9,13,15H2,1H3,(H,30,31)/t22-,24+/m0/s1. The lowest BCUT2D eigenvalue weighted by atomic mass is 9.86. The first-order valence-corrected chi connectivity index (χ1v) is 11.0. The molecule has 166 valence electrons. The molecule has 3 aromatic carbocycles. The van der Waals surface area contributed by atoms with Gasteiger partial charge in [0.1, 0.15) is 5.75 Å². The third-order valence-electron chi connectivity index (χ3n) is 6.03. The van der Waals surface area contributed by atoms with Crippen LogP contribution in [0.1, 0.15) is 39.6 Å². The van der Waals surface area contributed by atoms with Gasteiger partial charge in [-0.15, -0.1) is 0 Å². The van der Waals surface area contributed by atoms with E-state index >= 15 is 0 Å². The Bertz CT molecular complexity index is 1130. The molecule has 0 aliphatic heterocycles. The van der Waals surface area contributed by atoms with Crippen LogP contribution in [0, 0.1) is 0 Å². The van der Waals surface area contributed by atoms with Crippen molar-refractivity contribution in [3.8, 4) is 16.9 Å². The SMILES string of the molecule is COc1cc(C(=O)O)ccc1-c1ccc2c(c1)C[C@@H](NC[C@@H](O)c1cccc(Cl)c1)CC2. The number of carbonyl (C=O) groups is 1. The number of hydrogen-bond donors (Lipinski definition) is 3. The molecule has 5 nitrogen and oxygen atoms in total. The van der Waals surface area contributed by atoms with E-state index < -0.39 is 12.1 Å². The van der Waals surface area contributed by atoms with E-state index in [1.165, 1.54) is 11.1 Å². The molecular weight excluding hydrogens is 426 g/mol. The normalized spacial score (nSPS) is 16.3. The molecule has 0 bridgehead atoms. The van der Waals surface area contributed by atoms with Gasteiger partial charge in [-0.25, -0.2) is 4.79 Å². The summed E-state index contributed by atoms with van der Waals surface area (Å²) in [5.41, 5.74) is 5.45. The monoisotopic (exact) mass is 451 g/mol. The Labute approximate surface area is 192 Å². The van der Waals surface area contributed by atoms with Crippen LogP contribution < -0.4 is 10.1 Å². The molecule has 1 aliphatic carbocycles. The molecule has 0 saturated heterocycles. The van der Waals surface area contributed by atoms with Crippen LogP contribution in [-0.4, -0.2) is 35.9 Å². The van der Waals surface area contributed by atoms with Crippen molar-refractivity contribution in [3.63, 3.8) is 0 Å². The summed E-state index contributed by atoms with van der Waals surface area (Å²) in [6, 6.07) is 18.9. The van der Waals surface area contributed by atoms with Gasteiger partial charge >= 0.3 is 5.97 Å². The van der Waals surface area contributed by atoms with Crippen molar-refractivity contribution in [2.75, 3.05) is 13.7 Å². The zero-order valence-electron chi connectivity index (χ0n) is 17.8. The highest BCUT2D eigenvalue weighted by Crippen LogP contribution is 2.34. The first-order valence-electron chi connectivity index (χ1n) is 10.6. The molecule has 32 heavy (non-hydrogen) atoms. The lowest BCUT2D eigenvalue weighted by molar-refractivity contribution is 0.0696. The second-order valence-corrected chi connectivity index (χ2v) is 8.56. The van der Waals surface area contributed by atoms with Gasteiger partial charge in [0.15, 0.2) is 0 Å². The maximum Gasteiger partial charge on any atom is 0.335 e. The van der Waals surface area contributed by atoms with Gasteiger partial charge in [-0.3, -0.25) is 0 Å². The van der Waals surface area contributed by atoms with E-state index in [4.69, 9.17) is 16.3 Å². The zero-order valence-corrected chi connectivity index (χ0v) is 18.6. The number of ether oxygens (including phenoxy) is 1. The van der Waals surface area contributed by atoms with E-state index in [9.17, 15) is 15.0 Å². The van der Waals surface area contributed by atoms with Crippen molar-refractivity contribution in [3.05, 3.63) is 87.9 Å². The van der Waals surface area contributed by atoms with Crippen molar-refractivity contribution in [2.45, 2.75) is 31.4 Å². The minimum Gasteiger partial charge on any atom is -0.496 e. The number of hydrogen-bond acceptors (Lipinski definition) is 4. The Hall–Kier alpha value is -2.86. The predicted octanol–water partition coefficient (Wildman–Crippen LogP) is 4.89. The summed E-state index contributed by atoms with van der Waals surface area (Å²) in [5, 5.41) is 23.9. The van der Waals surface area contributed by atoms with Gasteiger partial charge in [0, 0.05) is 23.2 Å². The second-order valence-electron chi connectivity index (χ2n) is 8.12. The molecular formula is C26H26ClNO4. The maximum absolute atomic E-state index is 11.3. The number of aliphatic hydroxyl groups is 1. The number of benzene rings is 3. The third-order valence-corrected chi connectivity index (χ3v) is 6.26. The van der Waals surface area contributed by atoms with E-state index in [2.05, 4.69) is 23.5 Å². The Morgan fingerprint density at radius 1 is 1.16 bits per heavy atom. The Morgan fingerprint density at radius 3 is 2.75 bits per heavy atom. The summed E-state index contributed by atoms with van der Waals surface area (Å²) in [4.78, 5) is 11.3. The number of fused-ring (bicyclic) bond motifs is 1. The molecule has 0 fully saturated rings. The van der Waals surface area contributed by atoms with E-state index in [0.717, 1.165) is 36.0 Å². The smallest absolute Gasteiger partial charge is 0.335 e. The maximum atomic E-state index is 11.3. The third kappa shape index (κ3) is 4.96. The Balaban J connectivity index is 1.48. The number of aryl methyl sites for hydroxylation is 1. The Morgan fingerprint density at radius 2 is 2.00 bits per heavy atom. The summed E-state index contributed by atoms with van der Waals surface area (Å²) < 4.78 is 5.46. The molecule has 0 saturated carbocycles. The van der Waals surface area contributed by atoms with Crippen LogP contribution in [-0.2, 0) is 12.8 Å². The van der Waals surface area contributed by atoms with Gasteiger partial charge in [0.25, 0.3) is 0 Å². The fraction of sp³-hybridized carbons (Fsp3) is 0.269. The van der Waals surface area contributed by atoms with Crippen molar-refractivity contribution in [2.24, 2.45) is 0 Å². The van der Waals surface area contributed by atoms with Gasteiger partial charge in [-0.05, 0) is 71.8 Å². The van der Waals surface area contributed by atoms with Crippen molar-refractivity contribution in [1.82, 2.24) is 5.32 Å². The number of carboxylic acids is 1. The fourth-order valence-corrected chi connectivity index (χ4v) is 4.47. The highest BCUT2D eigenvalue weighted by atomic mass is 35.5. The van der Waals surface area contributed by atoms with Crippen LogP contribution in [0.5, 0.6) is 5.75 Å². The highest BCUT2D eigenvalue weighted by molar-refractivity contribution is 6.30. The van der Waals surface area contributed by atoms with Crippen molar-refractivity contribution < 1.29 is 19.7 Å². The molecule has 0 unspecified atom stereocenters. The van der Waals surface area contributed by atoms with Crippen LogP contribution >= 0.6 is 11.6 Å². The van der Waals surface area contributed by atoms with Gasteiger partial charge < -0.3 is 20.3 Å². The first kappa shape index (κ1) is 22.3. The molecule has 4 rings (SSSR count). The zero-order chi connectivity index (χ0) is 22.7. The van der Waals surface area contributed by atoms with E-state index in [-0.39, 0.29) is 11.6 Å². The predicted molar refractivity (Wildman–Crippen MR) is 126 cm³/mol. The van der Waals surface area contributed by atoms with Gasteiger partial charge in [-0.2, -0.15) is 0 Å². The molecule has 0 spiro atoms. The van der Waals surface area contributed by atoms with E-state index in [1.54, 1.807) is 37.4 Å². The largest absolute Gasteiger partial charge is 0.496 e. The van der Waals surface area contributed by atoms with Crippen LogP contribution in [0.25, 0.3) is 11.1 Å². The van der Waals surface area contributed by atoms with Crippen molar-refractivity contribution in [1.29, 1.82) is 0 Å². The van der Waals surface area contributed by atoms with E-state index in [1.807, 2.05) is 12.1 Å². The second kappa shape index (κ2) is 9.74. The molecule has 3 aromatic rings. The average Bonchev–Trinajstić information content (AvgIpc) is 2.81. The lowest BCUT2D eigenvalue weighted by Gasteiger charge is -2.27. The molecule has 1 aliphatic rings. The summed E-state index contributed by atoms with van der Waals surface area (Å²) in [6.07, 6.45) is 2.22. The highest BCUT2D eigenvalue weighted by Gasteiger charge is 2.21. The number of carboxylic acid groups (broad SMARTS) is 1. The number of nitrogens with one attached hydrogen (secondary N) is 1. The van der Waals surface area contributed by atoms with Crippen molar-refractivity contribution >= 4 is 17.6 Å². The number of rotatable bonds is 7. The van der Waals surface area contributed by atoms with Gasteiger partial charge in [0.2, 0.25) is 0 Å². The molecule has 0 amide bonds. The molecule has 3 N–H and O–H groups in total. The quantitative estimate of drug-likeness (QED) is 0.476. The van der Waals surface area contributed by atoms with Gasteiger partial charge in [0.05, 0.1) is 18.8 Å². The van der Waals surface area contributed by atoms with Crippen LogP contribution in [0.2, 0.25) is 5.02 Å². The minimum atomic E-state index is -0.978.